The van der Waals surface area contributed by atoms with E-state index in [1.165, 1.54) is 5.69 Å². The average Bonchev–Trinajstić information content (AvgIpc) is 2.42. The molecule has 1 aromatic rings. The molecule has 0 atom stereocenters. The topological polar surface area (TPSA) is 47.7 Å². The van der Waals surface area contributed by atoms with Crippen LogP contribution in [-0.4, -0.2) is 41.4 Å². The summed E-state index contributed by atoms with van der Waals surface area (Å²) in [7, 11) is -1.98. The standard InChI is InChI=1S/C14H24N2O2Si/c1-19(13-5-8-15)17-11-9-16(10-12-18-19)14-6-3-2-4-7-14/h2-4,6-7H,5,8-13,15H2,1H3. The zero-order valence-corrected chi connectivity index (χ0v) is 12.7. The van der Waals surface area contributed by atoms with Crippen LogP contribution in [0.1, 0.15) is 6.42 Å². The normalized spacial score (nSPS) is 19.8. The molecule has 0 amide bonds. The molecule has 0 spiro atoms. The van der Waals surface area contributed by atoms with Crippen LogP contribution in [0.25, 0.3) is 0 Å². The molecule has 4 nitrogen and oxygen atoms in total. The highest BCUT2D eigenvalue weighted by Crippen LogP contribution is 2.20. The van der Waals surface area contributed by atoms with Gasteiger partial charge in [0, 0.05) is 18.8 Å². The van der Waals surface area contributed by atoms with Gasteiger partial charge in [-0.1, -0.05) is 18.2 Å². The van der Waals surface area contributed by atoms with Gasteiger partial charge in [-0.05, 0) is 37.7 Å². The molecule has 2 rings (SSSR count). The van der Waals surface area contributed by atoms with Gasteiger partial charge in [0.25, 0.3) is 0 Å². The molecule has 1 aliphatic heterocycles. The maximum atomic E-state index is 6.04. The van der Waals surface area contributed by atoms with E-state index in [2.05, 4.69) is 35.7 Å². The van der Waals surface area contributed by atoms with Gasteiger partial charge in [-0.3, -0.25) is 0 Å². The molecule has 1 heterocycles. The van der Waals surface area contributed by atoms with Crippen LogP contribution in [0.2, 0.25) is 12.6 Å². The Morgan fingerprint density at radius 3 is 2.37 bits per heavy atom. The lowest BCUT2D eigenvalue weighted by molar-refractivity contribution is 0.164. The van der Waals surface area contributed by atoms with E-state index in [0.717, 1.165) is 38.8 Å². The first-order chi connectivity index (χ1) is 9.23. The Morgan fingerprint density at radius 2 is 1.79 bits per heavy atom. The van der Waals surface area contributed by atoms with Crippen molar-refractivity contribution >= 4 is 14.2 Å². The lowest BCUT2D eigenvalue weighted by Gasteiger charge is -2.34. The van der Waals surface area contributed by atoms with Crippen molar-refractivity contribution in [3.8, 4) is 0 Å². The van der Waals surface area contributed by atoms with Crippen LogP contribution in [0.15, 0.2) is 30.3 Å². The number of hydrogen-bond acceptors (Lipinski definition) is 4. The van der Waals surface area contributed by atoms with Crippen LogP contribution in [0.5, 0.6) is 0 Å². The Balaban J connectivity index is 1.90. The predicted molar refractivity (Wildman–Crippen MR) is 80.7 cm³/mol. The SMILES string of the molecule is C[Si]1(CCCN)OCCN(c2ccccc2)CCO1. The first kappa shape index (κ1) is 14.5. The van der Waals surface area contributed by atoms with Crippen molar-refractivity contribution in [1.29, 1.82) is 0 Å². The molecule has 0 unspecified atom stereocenters. The summed E-state index contributed by atoms with van der Waals surface area (Å²) in [5.41, 5.74) is 6.81. The second-order valence-corrected chi connectivity index (χ2v) is 8.39. The summed E-state index contributed by atoms with van der Waals surface area (Å²) in [4.78, 5) is 2.32. The van der Waals surface area contributed by atoms with Crippen molar-refractivity contribution in [2.24, 2.45) is 5.73 Å². The van der Waals surface area contributed by atoms with E-state index in [4.69, 9.17) is 14.6 Å². The number of benzene rings is 1. The summed E-state index contributed by atoms with van der Waals surface area (Å²) in [6, 6.07) is 11.4. The van der Waals surface area contributed by atoms with E-state index in [1.54, 1.807) is 0 Å². The Kier molecular flexibility index (Phi) is 5.39. The fourth-order valence-corrected chi connectivity index (χ4v) is 4.63. The molecule has 0 bridgehead atoms. The monoisotopic (exact) mass is 280 g/mol. The van der Waals surface area contributed by atoms with Crippen LogP contribution in [0.3, 0.4) is 0 Å². The van der Waals surface area contributed by atoms with Crippen LogP contribution in [-0.2, 0) is 8.85 Å². The third kappa shape index (κ3) is 4.31. The van der Waals surface area contributed by atoms with Crippen molar-refractivity contribution in [2.45, 2.75) is 19.0 Å². The maximum Gasteiger partial charge on any atom is 0.335 e. The van der Waals surface area contributed by atoms with Gasteiger partial charge in [-0.2, -0.15) is 0 Å². The van der Waals surface area contributed by atoms with Gasteiger partial charge in [-0.25, -0.2) is 0 Å². The summed E-state index contributed by atoms with van der Waals surface area (Å²) in [5, 5.41) is 0. The van der Waals surface area contributed by atoms with Crippen LogP contribution >= 0.6 is 0 Å². The van der Waals surface area contributed by atoms with Crippen LogP contribution in [0.4, 0.5) is 5.69 Å². The molecule has 1 saturated heterocycles. The third-order valence-electron chi connectivity index (χ3n) is 3.49. The van der Waals surface area contributed by atoms with Crippen LogP contribution < -0.4 is 10.6 Å². The molecule has 0 aromatic heterocycles. The van der Waals surface area contributed by atoms with E-state index in [1.807, 2.05) is 6.07 Å². The second kappa shape index (κ2) is 7.05. The minimum Gasteiger partial charge on any atom is -0.392 e. The van der Waals surface area contributed by atoms with Crippen molar-refractivity contribution in [2.75, 3.05) is 37.7 Å². The van der Waals surface area contributed by atoms with E-state index < -0.39 is 8.56 Å². The van der Waals surface area contributed by atoms with Crippen molar-refractivity contribution in [3.63, 3.8) is 0 Å². The van der Waals surface area contributed by atoms with Crippen molar-refractivity contribution in [1.82, 2.24) is 0 Å². The Bertz CT molecular complexity index is 365. The molecule has 2 N–H and O–H groups in total. The molecule has 1 fully saturated rings. The molecular formula is C14H24N2O2Si. The van der Waals surface area contributed by atoms with E-state index in [-0.39, 0.29) is 0 Å². The van der Waals surface area contributed by atoms with Gasteiger partial charge >= 0.3 is 8.56 Å². The molecule has 5 heteroatoms. The molecule has 0 radical (unpaired) electrons. The van der Waals surface area contributed by atoms with Crippen LogP contribution in [0, 0.1) is 0 Å². The minimum absolute atomic E-state index is 0.714. The number of nitrogens with zero attached hydrogens (tertiary/aromatic N) is 1. The summed E-state index contributed by atoms with van der Waals surface area (Å²) in [6.45, 7) is 6.20. The fraction of sp³-hybridized carbons (Fsp3) is 0.571. The molecule has 1 aromatic carbocycles. The number of nitrogens with two attached hydrogens (primary N) is 1. The summed E-state index contributed by atoms with van der Waals surface area (Å²) in [6.07, 6.45) is 0.991. The Hall–Kier alpha value is -0.883. The highest BCUT2D eigenvalue weighted by molar-refractivity contribution is 6.66. The van der Waals surface area contributed by atoms with Crippen molar-refractivity contribution < 1.29 is 8.85 Å². The van der Waals surface area contributed by atoms with Gasteiger partial charge in [0.1, 0.15) is 0 Å². The van der Waals surface area contributed by atoms with Gasteiger partial charge in [0.05, 0.1) is 13.2 Å². The summed E-state index contributed by atoms with van der Waals surface area (Å²) in [5.74, 6) is 0. The molecule has 0 aliphatic carbocycles. The highest BCUT2D eigenvalue weighted by atomic mass is 28.4. The third-order valence-corrected chi connectivity index (χ3v) is 6.38. The Morgan fingerprint density at radius 1 is 1.16 bits per heavy atom. The number of para-hydroxylation sites is 1. The maximum absolute atomic E-state index is 6.04. The highest BCUT2D eigenvalue weighted by Gasteiger charge is 2.32. The fourth-order valence-electron chi connectivity index (χ4n) is 2.36. The molecular weight excluding hydrogens is 256 g/mol. The lowest BCUT2D eigenvalue weighted by Crippen LogP contribution is -2.46. The van der Waals surface area contributed by atoms with E-state index in [0.29, 0.717) is 6.54 Å². The number of hydrogen-bond donors (Lipinski definition) is 1. The average molecular weight is 280 g/mol. The zero-order valence-electron chi connectivity index (χ0n) is 11.7. The minimum atomic E-state index is -1.98. The lowest BCUT2D eigenvalue weighted by atomic mass is 10.3. The van der Waals surface area contributed by atoms with Gasteiger partial charge < -0.3 is 19.5 Å². The molecule has 106 valence electrons. The van der Waals surface area contributed by atoms with E-state index in [9.17, 15) is 0 Å². The quantitative estimate of drug-likeness (QED) is 0.857. The van der Waals surface area contributed by atoms with Gasteiger partial charge in [0.2, 0.25) is 0 Å². The number of rotatable bonds is 4. The first-order valence-corrected chi connectivity index (χ1v) is 9.54. The Labute approximate surface area is 116 Å². The predicted octanol–water partition coefficient (Wildman–Crippen LogP) is 1.96. The number of anilines is 1. The summed E-state index contributed by atoms with van der Waals surface area (Å²) < 4.78 is 12.1. The first-order valence-electron chi connectivity index (χ1n) is 7.01. The smallest absolute Gasteiger partial charge is 0.335 e. The zero-order chi connectivity index (χ0) is 13.6. The van der Waals surface area contributed by atoms with E-state index >= 15 is 0 Å². The molecule has 19 heavy (non-hydrogen) atoms. The van der Waals surface area contributed by atoms with Crippen molar-refractivity contribution in [3.05, 3.63) is 30.3 Å². The molecule has 1 aliphatic rings. The largest absolute Gasteiger partial charge is 0.392 e. The summed E-state index contributed by atoms with van der Waals surface area (Å²) >= 11 is 0. The van der Waals surface area contributed by atoms with Gasteiger partial charge in [-0.15, -0.1) is 0 Å². The van der Waals surface area contributed by atoms with Gasteiger partial charge in [0.15, 0.2) is 0 Å². The second-order valence-electron chi connectivity index (χ2n) is 5.05. The molecule has 0 saturated carbocycles.